The third kappa shape index (κ3) is 8.26. The topological polar surface area (TPSA) is 3.24 Å². The summed E-state index contributed by atoms with van der Waals surface area (Å²) in [7, 11) is 2.91. The Morgan fingerprint density at radius 3 is 1.81 bits per heavy atom. The maximum Gasteiger partial charge on any atom is 2.00 e. The number of benzene rings is 4. The minimum atomic E-state index is -0.748. The summed E-state index contributed by atoms with van der Waals surface area (Å²) in [5.74, 6) is 0. The Morgan fingerprint density at radius 1 is 0.702 bits per heavy atom. The first kappa shape index (κ1) is 34.2. The molecule has 1 unspecified atom stereocenters. The zero-order valence-electron chi connectivity index (χ0n) is 26.3. The van der Waals surface area contributed by atoms with Crippen molar-refractivity contribution in [3.05, 3.63) is 215 Å². The van der Waals surface area contributed by atoms with Gasteiger partial charge in [-0.1, -0.05) is 115 Å². The molecule has 2 radical (unpaired) electrons. The standard InChI is InChI=1S/C38H33NP2.C5.Fe/c1-39(2)38(35-27-17-29-37(35)41(32-22-11-5-12-23-32)33-24-13-6-14-25-33)34-26-15-16-28-36(34)40(30-18-7-3-8-19-30)31-20-9-4-10-21-31;1-2-4-5-3-1;/h3-26,28-29,38H,1-2H3;;/q2*-1;+2/t38-;;/m0../s1. The van der Waals surface area contributed by atoms with E-state index in [0.717, 1.165) is 0 Å². The van der Waals surface area contributed by atoms with Gasteiger partial charge in [0.1, 0.15) is 0 Å². The van der Waals surface area contributed by atoms with Crippen molar-refractivity contribution in [3.8, 4) is 0 Å². The molecule has 4 heteroatoms. The third-order valence-corrected chi connectivity index (χ3v) is 12.6. The minimum Gasteiger partial charge on any atom is -0.298 e. The predicted molar refractivity (Wildman–Crippen MR) is 197 cm³/mol. The van der Waals surface area contributed by atoms with Crippen molar-refractivity contribution in [1.29, 1.82) is 0 Å². The SMILES string of the molecule is CN(C)[C@H](C1=C=CC=C1P(c1ccccc1)c1ccccc1)c1ccccc1P(C1=C[CH]C=C[CH-]1)c1ccccc1.[C]1=C=C=C=[C-]1.[Fe+2]. The van der Waals surface area contributed by atoms with Gasteiger partial charge in [-0.25, -0.2) is 5.73 Å². The molecule has 0 amide bonds. The van der Waals surface area contributed by atoms with E-state index < -0.39 is 15.8 Å². The van der Waals surface area contributed by atoms with Gasteiger partial charge in [-0.3, -0.25) is 16.4 Å². The number of likely N-dealkylation sites (N-methyl/N-ethyl adjacent to an activating group) is 1. The Balaban J connectivity index is 0.000000662. The summed E-state index contributed by atoms with van der Waals surface area (Å²) >= 11 is 0. The van der Waals surface area contributed by atoms with Crippen LogP contribution >= 0.6 is 15.8 Å². The smallest absolute Gasteiger partial charge is 0.298 e. The van der Waals surface area contributed by atoms with Crippen LogP contribution in [0.4, 0.5) is 0 Å². The second kappa shape index (κ2) is 17.2. The van der Waals surface area contributed by atoms with E-state index in [2.05, 4.69) is 213 Å². The summed E-state index contributed by atoms with van der Waals surface area (Å²) in [4.78, 5) is 2.36. The van der Waals surface area contributed by atoms with E-state index in [0.29, 0.717) is 0 Å². The largest absolute Gasteiger partial charge is 2.00 e. The molecule has 0 spiro atoms. The number of rotatable bonds is 9. The van der Waals surface area contributed by atoms with Crippen LogP contribution in [0.15, 0.2) is 185 Å². The average Bonchev–Trinajstić information content (AvgIpc) is 3.85. The van der Waals surface area contributed by atoms with Gasteiger partial charge in [0.15, 0.2) is 0 Å². The van der Waals surface area contributed by atoms with Crippen molar-refractivity contribution in [2.45, 2.75) is 6.04 Å². The second-order valence-corrected chi connectivity index (χ2v) is 15.2. The fourth-order valence-electron chi connectivity index (χ4n) is 5.72. The molecule has 47 heavy (non-hydrogen) atoms. The Bertz CT molecular complexity index is 1910. The molecule has 2 atom stereocenters. The molecule has 4 aromatic rings. The molecule has 0 fully saturated rings. The fourth-order valence-corrected chi connectivity index (χ4v) is 10.7. The minimum absolute atomic E-state index is 0. The maximum absolute atomic E-state index is 3.73. The van der Waals surface area contributed by atoms with Crippen LogP contribution in [0.1, 0.15) is 11.6 Å². The fraction of sp³-hybridized carbons (Fsp3) is 0.0698. The summed E-state index contributed by atoms with van der Waals surface area (Å²) in [6.45, 7) is 0. The van der Waals surface area contributed by atoms with Crippen LogP contribution < -0.4 is 21.2 Å². The second-order valence-electron chi connectivity index (χ2n) is 10.8. The molecule has 0 aromatic heterocycles. The molecule has 0 heterocycles. The molecule has 0 aliphatic heterocycles. The van der Waals surface area contributed by atoms with Gasteiger partial charge in [-0.2, -0.15) is 24.6 Å². The van der Waals surface area contributed by atoms with Gasteiger partial charge in [-0.15, -0.1) is 29.6 Å². The number of allylic oxidation sites excluding steroid dienone is 7. The van der Waals surface area contributed by atoms with E-state index >= 15 is 0 Å². The van der Waals surface area contributed by atoms with Crippen molar-refractivity contribution in [2.75, 3.05) is 14.1 Å². The molecule has 228 valence electrons. The average molecular weight is 682 g/mol. The number of hydrogen-bond acceptors (Lipinski definition) is 1. The molecule has 0 N–H and O–H groups in total. The Labute approximate surface area is 293 Å². The van der Waals surface area contributed by atoms with Crippen molar-refractivity contribution in [3.63, 3.8) is 0 Å². The van der Waals surface area contributed by atoms with E-state index in [4.69, 9.17) is 0 Å². The molecule has 0 bridgehead atoms. The van der Waals surface area contributed by atoms with Crippen LogP contribution in [0.5, 0.6) is 0 Å². The van der Waals surface area contributed by atoms with Gasteiger partial charge in [0.25, 0.3) is 0 Å². The van der Waals surface area contributed by atoms with Gasteiger partial charge in [0, 0.05) is 5.57 Å². The van der Waals surface area contributed by atoms with Crippen molar-refractivity contribution >= 4 is 37.1 Å². The van der Waals surface area contributed by atoms with Gasteiger partial charge in [-0.05, 0) is 74.2 Å². The third-order valence-electron chi connectivity index (χ3n) is 7.63. The molecule has 4 aromatic carbocycles. The van der Waals surface area contributed by atoms with E-state index in [9.17, 15) is 0 Å². The molecule has 3 aliphatic carbocycles. The maximum atomic E-state index is 3.73. The van der Waals surface area contributed by atoms with E-state index in [-0.39, 0.29) is 23.1 Å². The van der Waals surface area contributed by atoms with Gasteiger partial charge in [0.05, 0.1) is 6.04 Å². The predicted octanol–water partition coefficient (Wildman–Crippen LogP) is 8.32. The number of hydrogen-bond donors (Lipinski definition) is 0. The summed E-state index contributed by atoms with van der Waals surface area (Å²) in [6.07, 6.45) is 20.4. The van der Waals surface area contributed by atoms with E-state index in [1.54, 1.807) is 0 Å². The molecule has 1 nitrogen and oxygen atoms in total. The van der Waals surface area contributed by atoms with Crippen LogP contribution in [-0.4, -0.2) is 19.0 Å². The summed E-state index contributed by atoms with van der Waals surface area (Å²) in [6, 6.07) is 42.1. The number of nitrogens with zero attached hydrogens (tertiary/aromatic N) is 1. The van der Waals surface area contributed by atoms with Crippen LogP contribution in [0, 0.1) is 25.0 Å². The first-order valence-corrected chi connectivity index (χ1v) is 17.9. The van der Waals surface area contributed by atoms with Crippen LogP contribution in [0.25, 0.3) is 0 Å². The Morgan fingerprint density at radius 2 is 1.30 bits per heavy atom. The summed E-state index contributed by atoms with van der Waals surface area (Å²) in [5, 5.41) is 8.20. The molecular weight excluding hydrogens is 648 g/mol. The first-order chi connectivity index (χ1) is 22.7. The van der Waals surface area contributed by atoms with Crippen LogP contribution in [-0.2, 0) is 17.1 Å². The van der Waals surface area contributed by atoms with Gasteiger partial charge >= 0.3 is 17.1 Å². The van der Waals surface area contributed by atoms with Crippen molar-refractivity contribution in [2.24, 2.45) is 0 Å². The molecule has 0 saturated heterocycles. The molecule has 7 rings (SSSR count). The normalized spacial score (nSPS) is 14.9. The zero-order chi connectivity index (χ0) is 31.6. The monoisotopic (exact) mass is 681 g/mol. The molecule has 0 saturated carbocycles. The quantitative estimate of drug-likeness (QED) is 0.0744. The molecular formula is C43H33FeNP2. The Kier molecular flexibility index (Phi) is 12.5. The summed E-state index contributed by atoms with van der Waals surface area (Å²) < 4.78 is 0. The van der Waals surface area contributed by atoms with E-state index in [1.165, 1.54) is 43.0 Å². The van der Waals surface area contributed by atoms with Gasteiger partial charge < -0.3 is 0 Å². The van der Waals surface area contributed by atoms with E-state index in [1.807, 2.05) is 0 Å². The van der Waals surface area contributed by atoms with Crippen molar-refractivity contribution < 1.29 is 17.1 Å². The Hall–Kier alpha value is -4.09. The van der Waals surface area contributed by atoms with Crippen molar-refractivity contribution in [1.82, 2.24) is 4.90 Å². The van der Waals surface area contributed by atoms with Gasteiger partial charge in [0.2, 0.25) is 0 Å². The zero-order valence-corrected chi connectivity index (χ0v) is 29.2. The first-order valence-electron chi connectivity index (χ1n) is 15.2. The molecule has 3 aliphatic rings. The summed E-state index contributed by atoms with van der Waals surface area (Å²) in [5.41, 5.74) is 13.8. The van der Waals surface area contributed by atoms with Crippen LogP contribution in [0.2, 0.25) is 0 Å². The van der Waals surface area contributed by atoms with Crippen LogP contribution in [0.3, 0.4) is 0 Å².